The Morgan fingerprint density at radius 1 is 1.30 bits per heavy atom. The second-order valence-corrected chi connectivity index (χ2v) is 8.96. The van der Waals surface area contributed by atoms with Crippen LogP contribution in [-0.2, 0) is 6.54 Å². The van der Waals surface area contributed by atoms with Gasteiger partial charge in [-0.15, -0.1) is 11.3 Å². The van der Waals surface area contributed by atoms with Crippen molar-refractivity contribution < 1.29 is 9.53 Å². The molecule has 1 amide bonds. The highest BCUT2D eigenvalue weighted by molar-refractivity contribution is 9.10. The van der Waals surface area contributed by atoms with Crippen LogP contribution in [0.5, 0.6) is 5.75 Å². The number of amides is 1. The number of rotatable bonds is 4. The molecule has 0 bridgehead atoms. The highest BCUT2D eigenvalue weighted by atomic mass is 79.9. The van der Waals surface area contributed by atoms with Gasteiger partial charge in [-0.05, 0) is 46.8 Å². The number of carbonyl (C=O) groups excluding carboxylic acids is 1. The number of aromatic nitrogens is 1. The quantitative estimate of drug-likeness (QED) is 0.537. The van der Waals surface area contributed by atoms with Crippen molar-refractivity contribution in [2.45, 2.75) is 26.3 Å². The summed E-state index contributed by atoms with van der Waals surface area (Å²) < 4.78 is 9.82. The van der Waals surface area contributed by atoms with Crippen LogP contribution in [0.25, 0.3) is 10.2 Å². The number of fused-ring (bicyclic) bond motifs is 1. The van der Waals surface area contributed by atoms with Gasteiger partial charge in [-0.1, -0.05) is 25.1 Å². The fourth-order valence-corrected chi connectivity index (χ4v) is 5.44. The molecule has 1 aromatic carbocycles. The standard InChI is InChI=1S/C21H23BrN2O2S/c1-14-7-9-23(10-8-14)21(25)17-11-19-20(16(22)13-27-19)24(17)12-15-5-3-4-6-18(15)26-2/h3-6,11,13-14H,7-10,12H2,1-2H3. The molecule has 0 spiro atoms. The second kappa shape index (κ2) is 7.68. The molecule has 4 rings (SSSR count). The third-order valence-corrected chi connectivity index (χ3v) is 7.21. The minimum atomic E-state index is 0.132. The third kappa shape index (κ3) is 3.52. The van der Waals surface area contributed by atoms with Crippen LogP contribution < -0.4 is 4.74 Å². The lowest BCUT2D eigenvalue weighted by Gasteiger charge is -2.30. The molecule has 2 aromatic heterocycles. The fourth-order valence-electron chi connectivity index (χ4n) is 3.75. The van der Waals surface area contributed by atoms with Crippen molar-refractivity contribution >= 4 is 43.4 Å². The van der Waals surface area contributed by atoms with Crippen molar-refractivity contribution in [1.29, 1.82) is 0 Å². The summed E-state index contributed by atoms with van der Waals surface area (Å²) in [5.74, 6) is 1.68. The van der Waals surface area contributed by atoms with Gasteiger partial charge in [0, 0.05) is 24.0 Å². The van der Waals surface area contributed by atoms with Crippen LogP contribution in [0.4, 0.5) is 0 Å². The van der Waals surface area contributed by atoms with Crippen LogP contribution in [0.1, 0.15) is 35.8 Å². The number of nitrogens with zero attached hydrogens (tertiary/aromatic N) is 2. The van der Waals surface area contributed by atoms with E-state index in [0.29, 0.717) is 12.5 Å². The molecular formula is C21H23BrN2O2S. The molecule has 1 aliphatic heterocycles. The van der Waals surface area contributed by atoms with Crippen LogP contribution in [0, 0.1) is 5.92 Å². The van der Waals surface area contributed by atoms with Gasteiger partial charge in [0.1, 0.15) is 11.4 Å². The highest BCUT2D eigenvalue weighted by Crippen LogP contribution is 2.35. The van der Waals surface area contributed by atoms with Crippen LogP contribution in [0.3, 0.4) is 0 Å². The van der Waals surface area contributed by atoms with E-state index in [0.717, 1.165) is 57.6 Å². The molecule has 0 atom stereocenters. The Balaban J connectivity index is 1.75. The lowest BCUT2D eigenvalue weighted by atomic mass is 9.99. The maximum absolute atomic E-state index is 13.3. The van der Waals surface area contributed by atoms with Gasteiger partial charge in [0.2, 0.25) is 0 Å². The predicted octanol–water partition coefficient (Wildman–Crippen LogP) is 5.39. The largest absolute Gasteiger partial charge is 0.496 e. The first-order valence-corrected chi connectivity index (χ1v) is 10.9. The van der Waals surface area contributed by atoms with Crippen molar-refractivity contribution in [3.63, 3.8) is 0 Å². The Morgan fingerprint density at radius 3 is 2.78 bits per heavy atom. The smallest absolute Gasteiger partial charge is 0.270 e. The molecular weight excluding hydrogens is 424 g/mol. The number of para-hydroxylation sites is 1. The number of hydrogen-bond donors (Lipinski definition) is 0. The van der Waals surface area contributed by atoms with E-state index in [1.165, 1.54) is 0 Å². The first kappa shape index (κ1) is 18.6. The van der Waals surface area contributed by atoms with Crippen molar-refractivity contribution in [3.8, 4) is 5.75 Å². The Morgan fingerprint density at radius 2 is 2.04 bits per heavy atom. The fraction of sp³-hybridized carbons (Fsp3) is 0.381. The monoisotopic (exact) mass is 446 g/mol. The summed E-state index contributed by atoms with van der Waals surface area (Å²) in [7, 11) is 1.69. The van der Waals surface area contributed by atoms with Gasteiger partial charge in [-0.3, -0.25) is 4.79 Å². The molecule has 142 valence electrons. The topological polar surface area (TPSA) is 34.5 Å². The number of thiophene rings is 1. The second-order valence-electron chi connectivity index (χ2n) is 7.20. The first-order valence-electron chi connectivity index (χ1n) is 9.26. The average Bonchev–Trinajstić information content (AvgIpc) is 3.22. The molecule has 4 nitrogen and oxygen atoms in total. The Hall–Kier alpha value is -1.79. The van der Waals surface area contributed by atoms with Crippen molar-refractivity contribution in [3.05, 3.63) is 51.4 Å². The Labute approximate surface area is 171 Å². The first-order chi connectivity index (χ1) is 13.1. The minimum absolute atomic E-state index is 0.132. The predicted molar refractivity (Wildman–Crippen MR) is 114 cm³/mol. The molecule has 1 saturated heterocycles. The lowest BCUT2D eigenvalue weighted by Crippen LogP contribution is -2.38. The van der Waals surface area contributed by atoms with Crippen molar-refractivity contribution in [2.75, 3.05) is 20.2 Å². The highest BCUT2D eigenvalue weighted by Gasteiger charge is 2.26. The van der Waals surface area contributed by atoms with E-state index in [4.69, 9.17) is 4.74 Å². The molecule has 0 unspecified atom stereocenters. The molecule has 1 aliphatic rings. The molecule has 0 radical (unpaired) electrons. The summed E-state index contributed by atoms with van der Waals surface area (Å²) in [5.41, 5.74) is 2.91. The van der Waals surface area contributed by atoms with E-state index in [9.17, 15) is 4.79 Å². The maximum atomic E-state index is 13.3. The Bertz CT molecular complexity index is 970. The van der Waals surface area contributed by atoms with E-state index < -0.39 is 0 Å². The van der Waals surface area contributed by atoms with Gasteiger partial charge in [-0.2, -0.15) is 0 Å². The minimum Gasteiger partial charge on any atom is -0.496 e. The normalized spacial score (nSPS) is 15.4. The van der Waals surface area contributed by atoms with Crippen molar-refractivity contribution in [1.82, 2.24) is 9.47 Å². The number of halogens is 1. The zero-order chi connectivity index (χ0) is 19.0. The SMILES string of the molecule is COc1ccccc1Cn1c(C(=O)N2CCC(C)CC2)cc2scc(Br)c21. The number of benzene rings is 1. The van der Waals surface area contributed by atoms with Crippen molar-refractivity contribution in [2.24, 2.45) is 5.92 Å². The lowest BCUT2D eigenvalue weighted by molar-refractivity contribution is 0.0687. The summed E-state index contributed by atoms with van der Waals surface area (Å²) in [5, 5.41) is 2.08. The van der Waals surface area contributed by atoms with E-state index in [2.05, 4.69) is 38.9 Å². The van der Waals surface area contributed by atoms with E-state index in [1.807, 2.05) is 29.2 Å². The summed E-state index contributed by atoms with van der Waals surface area (Å²) in [6.45, 7) is 4.55. The number of ether oxygens (including phenoxy) is 1. The molecule has 0 saturated carbocycles. The van der Waals surface area contributed by atoms with Gasteiger partial charge < -0.3 is 14.2 Å². The third-order valence-electron chi connectivity index (χ3n) is 5.39. The van der Waals surface area contributed by atoms with Gasteiger partial charge in [0.15, 0.2) is 0 Å². The zero-order valence-corrected chi connectivity index (χ0v) is 18.0. The van der Waals surface area contributed by atoms with Gasteiger partial charge >= 0.3 is 0 Å². The van der Waals surface area contributed by atoms with Gasteiger partial charge in [-0.25, -0.2) is 0 Å². The van der Waals surface area contributed by atoms with Crippen LogP contribution in [0.2, 0.25) is 0 Å². The van der Waals surface area contributed by atoms with E-state index in [-0.39, 0.29) is 5.91 Å². The number of methoxy groups -OCH3 is 1. The molecule has 1 fully saturated rings. The number of carbonyl (C=O) groups is 1. The molecule has 27 heavy (non-hydrogen) atoms. The van der Waals surface area contributed by atoms with Crippen LogP contribution in [-0.4, -0.2) is 35.6 Å². The van der Waals surface area contributed by atoms with Gasteiger partial charge in [0.05, 0.1) is 28.3 Å². The number of piperidine rings is 1. The molecule has 3 heterocycles. The Kier molecular flexibility index (Phi) is 5.28. The van der Waals surface area contributed by atoms with Gasteiger partial charge in [0.25, 0.3) is 5.91 Å². The molecule has 0 N–H and O–H groups in total. The number of likely N-dealkylation sites (tertiary alicyclic amines) is 1. The van der Waals surface area contributed by atoms with E-state index >= 15 is 0 Å². The molecule has 3 aromatic rings. The summed E-state index contributed by atoms with van der Waals surface area (Å²) in [6, 6.07) is 10.0. The summed E-state index contributed by atoms with van der Waals surface area (Å²) in [6.07, 6.45) is 2.16. The summed E-state index contributed by atoms with van der Waals surface area (Å²) >= 11 is 5.33. The zero-order valence-electron chi connectivity index (χ0n) is 15.6. The maximum Gasteiger partial charge on any atom is 0.270 e. The molecule has 0 aliphatic carbocycles. The van der Waals surface area contributed by atoms with Crippen LogP contribution in [0.15, 0.2) is 40.2 Å². The van der Waals surface area contributed by atoms with E-state index in [1.54, 1.807) is 18.4 Å². The average molecular weight is 447 g/mol. The number of hydrogen-bond acceptors (Lipinski definition) is 3. The molecule has 6 heteroatoms. The van der Waals surface area contributed by atoms with Crippen LogP contribution >= 0.6 is 27.3 Å². The summed E-state index contributed by atoms with van der Waals surface area (Å²) in [4.78, 5) is 15.3.